The second-order valence-corrected chi connectivity index (χ2v) is 16.1. The van der Waals surface area contributed by atoms with E-state index in [2.05, 4.69) is 65.3 Å². The third-order valence-electron chi connectivity index (χ3n) is 7.82. The van der Waals surface area contributed by atoms with Gasteiger partial charge in [-0.1, -0.05) is 81.4 Å². The van der Waals surface area contributed by atoms with Crippen molar-refractivity contribution in [3.63, 3.8) is 0 Å². The minimum Gasteiger partial charge on any atom is -0.405 e. The monoisotopic (exact) mass is 621 g/mol. The van der Waals surface area contributed by atoms with E-state index in [0.29, 0.717) is 28.7 Å². The molecule has 1 unspecified atom stereocenters. The Morgan fingerprint density at radius 2 is 1.49 bits per heavy atom. The number of nitrogen functional groups attached to an aromatic ring is 1. The molecule has 2 aromatic carbocycles. The first-order valence-corrected chi connectivity index (χ1v) is 16.4. The predicted octanol–water partition coefficient (Wildman–Crippen LogP) is 5.78. The second-order valence-electron chi connectivity index (χ2n) is 11.8. The molecule has 3 N–H and O–H groups in total. The second kappa shape index (κ2) is 12.2. The largest absolute Gasteiger partial charge is 0.405 e. The van der Waals surface area contributed by atoms with E-state index in [9.17, 15) is 8.78 Å². The summed E-state index contributed by atoms with van der Waals surface area (Å²) < 4.78 is 36.9. The molecule has 0 saturated heterocycles. The fourth-order valence-corrected chi connectivity index (χ4v) is 10.3. The average molecular weight is 622 g/mol. The number of aromatic nitrogens is 5. The van der Waals surface area contributed by atoms with Crippen molar-refractivity contribution in [2.75, 3.05) is 17.7 Å². The van der Waals surface area contributed by atoms with Crippen LogP contribution < -0.4 is 21.4 Å². The number of imidazole rings is 1. The summed E-state index contributed by atoms with van der Waals surface area (Å²) >= 11 is 0. The molecule has 0 aliphatic heterocycles. The SMILES string of the molecule is CC(C)(C)[Si](OCC(Nc1nc(-c2cnc3ccc(F)cn23)ncc1N)c1ccc(F)cn1)(c1ccccc1)c1ccccc1. The van der Waals surface area contributed by atoms with Gasteiger partial charge in [0.2, 0.25) is 0 Å². The van der Waals surface area contributed by atoms with E-state index in [1.54, 1.807) is 22.7 Å². The maximum atomic E-state index is 14.1. The molecule has 0 spiro atoms. The lowest BCUT2D eigenvalue weighted by Gasteiger charge is -2.43. The molecule has 4 heterocycles. The summed E-state index contributed by atoms with van der Waals surface area (Å²) in [4.78, 5) is 17.9. The van der Waals surface area contributed by atoms with Crippen LogP contribution in [0.4, 0.5) is 20.3 Å². The Bertz CT molecular complexity index is 1870. The number of halogens is 2. The molecule has 45 heavy (non-hydrogen) atoms. The zero-order valence-corrected chi connectivity index (χ0v) is 26.2. The Balaban J connectivity index is 1.41. The number of benzene rings is 2. The van der Waals surface area contributed by atoms with E-state index in [0.717, 1.165) is 10.4 Å². The van der Waals surface area contributed by atoms with Crippen molar-refractivity contribution in [1.82, 2.24) is 24.3 Å². The van der Waals surface area contributed by atoms with Gasteiger partial charge in [0.25, 0.3) is 8.32 Å². The molecule has 6 aromatic rings. The summed E-state index contributed by atoms with van der Waals surface area (Å²) in [6.45, 7) is 6.77. The molecule has 0 saturated carbocycles. The van der Waals surface area contributed by atoms with Gasteiger partial charge in [0.1, 0.15) is 23.0 Å². The molecule has 0 aliphatic rings. The summed E-state index contributed by atoms with van der Waals surface area (Å²) in [6, 6.07) is 25.9. The highest BCUT2D eigenvalue weighted by atomic mass is 28.4. The number of nitrogens with zero attached hydrogens (tertiary/aromatic N) is 5. The zero-order valence-electron chi connectivity index (χ0n) is 25.2. The van der Waals surface area contributed by atoms with Crippen LogP contribution in [-0.4, -0.2) is 39.3 Å². The van der Waals surface area contributed by atoms with Gasteiger partial charge in [0, 0.05) is 6.20 Å². The summed E-state index contributed by atoms with van der Waals surface area (Å²) in [5.41, 5.74) is 8.26. The fourth-order valence-electron chi connectivity index (χ4n) is 5.68. The Hall–Kier alpha value is -5.00. The van der Waals surface area contributed by atoms with Crippen LogP contribution in [0.1, 0.15) is 32.5 Å². The van der Waals surface area contributed by atoms with Gasteiger partial charge in [-0.2, -0.15) is 0 Å². The number of anilines is 2. The van der Waals surface area contributed by atoms with Crippen LogP contribution in [0.15, 0.2) is 110 Å². The third kappa shape index (κ3) is 5.91. The number of fused-ring (bicyclic) bond motifs is 1. The first kappa shape index (κ1) is 30.0. The molecule has 4 aromatic heterocycles. The lowest BCUT2D eigenvalue weighted by Crippen LogP contribution is -2.67. The molecule has 228 valence electrons. The smallest absolute Gasteiger partial charge is 0.261 e. The first-order valence-electron chi connectivity index (χ1n) is 14.5. The van der Waals surface area contributed by atoms with Crippen molar-refractivity contribution in [2.45, 2.75) is 31.9 Å². The van der Waals surface area contributed by atoms with Gasteiger partial charge >= 0.3 is 0 Å². The lowest BCUT2D eigenvalue weighted by molar-refractivity contribution is 0.279. The number of hydrogen-bond acceptors (Lipinski definition) is 7. The quantitative estimate of drug-likeness (QED) is 0.198. The van der Waals surface area contributed by atoms with Gasteiger partial charge in [0.05, 0.1) is 42.6 Å². The molecule has 0 amide bonds. The number of rotatable bonds is 9. The van der Waals surface area contributed by atoms with Crippen LogP contribution in [0.25, 0.3) is 17.2 Å². The van der Waals surface area contributed by atoms with E-state index in [4.69, 9.17) is 15.1 Å². The molecule has 0 aliphatic carbocycles. The van der Waals surface area contributed by atoms with Crippen molar-refractivity contribution in [3.05, 3.63) is 127 Å². The Kier molecular flexibility index (Phi) is 8.13. The van der Waals surface area contributed by atoms with Crippen LogP contribution in [0, 0.1) is 11.6 Å². The number of pyridine rings is 2. The van der Waals surface area contributed by atoms with Gasteiger partial charge in [-0.15, -0.1) is 0 Å². The summed E-state index contributed by atoms with van der Waals surface area (Å²) in [5.74, 6) is -0.246. The van der Waals surface area contributed by atoms with Gasteiger partial charge in [-0.05, 0) is 39.7 Å². The molecule has 0 bridgehead atoms. The molecule has 6 rings (SSSR count). The van der Waals surface area contributed by atoms with Gasteiger partial charge < -0.3 is 15.5 Å². The molecular weight excluding hydrogens is 589 g/mol. The van der Waals surface area contributed by atoms with Gasteiger partial charge in [-0.3, -0.25) is 9.38 Å². The normalized spacial score (nSPS) is 12.7. The van der Waals surface area contributed by atoms with Crippen LogP contribution in [0.3, 0.4) is 0 Å². The Morgan fingerprint density at radius 1 is 0.822 bits per heavy atom. The standard InChI is InChI=1S/C34H33F2N7OSi/c1-34(2,3)45(25-10-6-4-7-11-25,26-12-8-5-9-13-26)44-22-29(28-16-14-23(35)18-38-28)41-32-27(37)19-40-33(42-32)30-20-39-31-17-15-24(36)21-43(30)31/h4-21,29H,22,37H2,1-3H3,(H,40,41,42). The van der Waals surface area contributed by atoms with Crippen LogP contribution >= 0.6 is 0 Å². The number of nitrogens with one attached hydrogen (secondary N) is 1. The van der Waals surface area contributed by atoms with E-state index in [1.165, 1.54) is 30.7 Å². The van der Waals surface area contributed by atoms with Crippen molar-refractivity contribution < 1.29 is 13.2 Å². The molecule has 0 radical (unpaired) electrons. The topological polar surface area (TPSA) is 103 Å². The Morgan fingerprint density at radius 3 is 2.11 bits per heavy atom. The van der Waals surface area contributed by atoms with Gasteiger partial charge in [-0.25, -0.2) is 23.7 Å². The van der Waals surface area contributed by atoms with Crippen molar-refractivity contribution in [1.29, 1.82) is 0 Å². The molecular formula is C34H33F2N7OSi. The van der Waals surface area contributed by atoms with Crippen LogP contribution in [0.5, 0.6) is 0 Å². The summed E-state index contributed by atoms with van der Waals surface area (Å²) in [5, 5.41) is 5.38. The third-order valence-corrected chi connectivity index (χ3v) is 12.8. The number of hydrogen-bond donors (Lipinski definition) is 2. The molecule has 11 heteroatoms. The van der Waals surface area contributed by atoms with E-state index in [-0.39, 0.29) is 17.3 Å². The van der Waals surface area contributed by atoms with Crippen molar-refractivity contribution in [2.24, 2.45) is 0 Å². The summed E-state index contributed by atoms with van der Waals surface area (Å²) in [6.07, 6.45) is 5.57. The van der Waals surface area contributed by atoms with E-state index < -0.39 is 26.0 Å². The minimum atomic E-state index is -2.93. The maximum absolute atomic E-state index is 14.1. The molecule has 8 nitrogen and oxygen atoms in total. The highest BCUT2D eigenvalue weighted by Gasteiger charge is 2.50. The maximum Gasteiger partial charge on any atom is 0.261 e. The highest BCUT2D eigenvalue weighted by Crippen LogP contribution is 2.38. The van der Waals surface area contributed by atoms with Crippen molar-refractivity contribution >= 4 is 35.8 Å². The zero-order chi connectivity index (χ0) is 31.6. The molecule has 0 fully saturated rings. The first-order chi connectivity index (χ1) is 21.7. The predicted molar refractivity (Wildman–Crippen MR) is 175 cm³/mol. The van der Waals surface area contributed by atoms with E-state index in [1.807, 2.05) is 36.4 Å². The van der Waals surface area contributed by atoms with Gasteiger partial charge in [0.15, 0.2) is 11.6 Å². The Labute approximate surface area is 261 Å². The molecule has 1 atom stereocenters. The van der Waals surface area contributed by atoms with Crippen LogP contribution in [0.2, 0.25) is 5.04 Å². The average Bonchev–Trinajstić information content (AvgIpc) is 3.45. The number of nitrogens with two attached hydrogens (primary N) is 1. The fraction of sp³-hybridized carbons (Fsp3) is 0.176. The minimum absolute atomic E-state index is 0.172. The lowest BCUT2D eigenvalue weighted by atomic mass is 10.2. The van der Waals surface area contributed by atoms with Crippen molar-refractivity contribution in [3.8, 4) is 11.5 Å². The summed E-state index contributed by atoms with van der Waals surface area (Å²) in [7, 11) is -2.93. The van der Waals surface area contributed by atoms with E-state index >= 15 is 0 Å². The highest BCUT2D eigenvalue weighted by molar-refractivity contribution is 6.99. The van der Waals surface area contributed by atoms with Crippen LogP contribution in [-0.2, 0) is 4.43 Å².